The molecule has 1 unspecified atom stereocenters. The van der Waals surface area contributed by atoms with Crippen molar-refractivity contribution in [3.05, 3.63) is 48.0 Å². The Bertz CT molecular complexity index is 1190. The van der Waals surface area contributed by atoms with Crippen LogP contribution in [0.15, 0.2) is 42.5 Å². The molecule has 0 spiro atoms. The molecule has 0 fully saturated rings. The number of hydrogen-bond donors (Lipinski definition) is 1. The summed E-state index contributed by atoms with van der Waals surface area (Å²) in [5.41, 5.74) is 1.43. The highest BCUT2D eigenvalue weighted by Crippen LogP contribution is 2.37. The molecule has 0 saturated carbocycles. The number of fused-ring (bicyclic) bond motifs is 1. The highest BCUT2D eigenvalue weighted by Gasteiger charge is 2.36. The monoisotopic (exact) mass is 497 g/mol. The summed E-state index contributed by atoms with van der Waals surface area (Å²) >= 11 is 0. The number of amides is 2. The summed E-state index contributed by atoms with van der Waals surface area (Å²) in [7, 11) is 4.59. The predicted molar refractivity (Wildman–Crippen MR) is 136 cm³/mol. The Morgan fingerprint density at radius 2 is 1.83 bits per heavy atom. The Kier molecular flexibility index (Phi) is 8.87. The van der Waals surface area contributed by atoms with Crippen LogP contribution in [0.1, 0.15) is 38.8 Å². The van der Waals surface area contributed by atoms with Gasteiger partial charge in [-0.1, -0.05) is 36.4 Å². The molecular formula is C26H35N5O5. The fourth-order valence-corrected chi connectivity index (χ4v) is 3.91. The van der Waals surface area contributed by atoms with Crippen LogP contribution in [0, 0.1) is 0 Å². The maximum absolute atomic E-state index is 13.8. The highest BCUT2D eigenvalue weighted by molar-refractivity contribution is 5.90. The summed E-state index contributed by atoms with van der Waals surface area (Å²) in [5.74, 6) is 0.197. The van der Waals surface area contributed by atoms with E-state index in [2.05, 4.69) is 15.6 Å². The lowest BCUT2D eigenvalue weighted by molar-refractivity contribution is -0.143. The second-order valence-corrected chi connectivity index (χ2v) is 9.03. The topological polar surface area (TPSA) is 108 Å². The average molecular weight is 498 g/mol. The molecule has 0 aliphatic carbocycles. The number of carbonyl (C=O) groups excluding carboxylic acids is 2. The summed E-state index contributed by atoms with van der Waals surface area (Å²) in [5, 5.41) is 11.4. The van der Waals surface area contributed by atoms with Crippen molar-refractivity contribution in [3.63, 3.8) is 0 Å². The fourth-order valence-electron chi connectivity index (χ4n) is 3.91. The maximum Gasteiger partial charge on any atom is 0.248 e. The number of aromatic nitrogens is 3. The molecule has 0 aliphatic heterocycles. The second-order valence-electron chi connectivity index (χ2n) is 9.03. The first kappa shape index (κ1) is 26.9. The molecule has 0 saturated heterocycles. The molecule has 0 bridgehead atoms. The van der Waals surface area contributed by atoms with Crippen molar-refractivity contribution in [1.29, 1.82) is 0 Å². The molecule has 3 aromatic rings. The zero-order valence-electron chi connectivity index (χ0n) is 21.8. The van der Waals surface area contributed by atoms with E-state index >= 15 is 0 Å². The van der Waals surface area contributed by atoms with Gasteiger partial charge in [-0.25, -0.2) is 4.68 Å². The second kappa shape index (κ2) is 11.9. The molecule has 2 aromatic carbocycles. The summed E-state index contributed by atoms with van der Waals surface area (Å²) < 4.78 is 18.0. The number of ether oxygens (including phenoxy) is 3. The molecule has 1 aromatic heterocycles. The lowest BCUT2D eigenvalue weighted by Gasteiger charge is -2.35. The Hall–Kier alpha value is -3.66. The lowest BCUT2D eigenvalue weighted by atomic mass is 9.97. The van der Waals surface area contributed by atoms with E-state index in [1.807, 2.05) is 45.0 Å². The average Bonchev–Trinajstić information content (AvgIpc) is 3.28. The zero-order valence-corrected chi connectivity index (χ0v) is 21.8. The van der Waals surface area contributed by atoms with Gasteiger partial charge < -0.3 is 24.4 Å². The lowest BCUT2D eigenvalue weighted by Crippen LogP contribution is -2.51. The van der Waals surface area contributed by atoms with E-state index in [9.17, 15) is 9.59 Å². The number of nitrogens with one attached hydrogen (secondary N) is 1. The largest absolute Gasteiger partial charge is 0.493 e. The highest BCUT2D eigenvalue weighted by atomic mass is 16.5. The molecule has 194 valence electrons. The molecule has 0 aliphatic rings. The van der Waals surface area contributed by atoms with Gasteiger partial charge in [0.25, 0.3) is 0 Å². The van der Waals surface area contributed by atoms with Crippen molar-refractivity contribution >= 4 is 22.8 Å². The smallest absolute Gasteiger partial charge is 0.248 e. The summed E-state index contributed by atoms with van der Waals surface area (Å²) in [4.78, 5) is 29.1. The van der Waals surface area contributed by atoms with Gasteiger partial charge in [0, 0.05) is 24.8 Å². The van der Waals surface area contributed by atoms with E-state index in [0.717, 1.165) is 5.52 Å². The molecule has 10 nitrogen and oxygen atoms in total. The Morgan fingerprint density at radius 3 is 2.50 bits per heavy atom. The fraction of sp³-hybridized carbons (Fsp3) is 0.462. The van der Waals surface area contributed by atoms with E-state index in [1.54, 1.807) is 25.3 Å². The molecule has 1 heterocycles. The van der Waals surface area contributed by atoms with Crippen LogP contribution in [-0.2, 0) is 20.9 Å². The third-order valence-electron chi connectivity index (χ3n) is 6.20. The number of nitrogens with zero attached hydrogens (tertiary/aromatic N) is 4. The van der Waals surface area contributed by atoms with Crippen molar-refractivity contribution in [3.8, 4) is 11.5 Å². The van der Waals surface area contributed by atoms with Gasteiger partial charge in [0.15, 0.2) is 11.5 Å². The van der Waals surface area contributed by atoms with Gasteiger partial charge >= 0.3 is 0 Å². The Balaban J connectivity index is 2.09. The SMILES string of the molecule is CCC(C)(C)NC(=O)C(c1cccc(OC)c1OC)N(CCOC)C(=O)Cn1nnc2ccccc21. The van der Waals surface area contributed by atoms with Crippen molar-refractivity contribution in [2.75, 3.05) is 34.5 Å². The molecule has 3 rings (SSSR count). The molecule has 1 atom stereocenters. The van der Waals surface area contributed by atoms with Gasteiger partial charge in [0.05, 0.1) is 26.3 Å². The minimum Gasteiger partial charge on any atom is -0.493 e. The minimum absolute atomic E-state index is 0.0997. The quantitative estimate of drug-likeness (QED) is 0.410. The van der Waals surface area contributed by atoms with Crippen LogP contribution >= 0.6 is 0 Å². The van der Waals surface area contributed by atoms with Gasteiger partial charge in [-0.15, -0.1) is 5.10 Å². The first-order valence-electron chi connectivity index (χ1n) is 11.9. The molecule has 10 heteroatoms. The zero-order chi connectivity index (χ0) is 26.3. The van der Waals surface area contributed by atoms with E-state index in [4.69, 9.17) is 14.2 Å². The van der Waals surface area contributed by atoms with Crippen LogP contribution in [0.2, 0.25) is 0 Å². The molecule has 0 radical (unpaired) electrons. The molecule has 1 N–H and O–H groups in total. The van der Waals surface area contributed by atoms with Gasteiger partial charge in [-0.05, 0) is 38.5 Å². The summed E-state index contributed by atoms with van der Waals surface area (Å²) in [6.07, 6.45) is 0.706. The van der Waals surface area contributed by atoms with Crippen molar-refractivity contribution < 1.29 is 23.8 Å². The van der Waals surface area contributed by atoms with Gasteiger partial charge in [-0.3, -0.25) is 9.59 Å². The van der Waals surface area contributed by atoms with Gasteiger partial charge in [-0.2, -0.15) is 0 Å². The van der Waals surface area contributed by atoms with Crippen molar-refractivity contribution in [2.24, 2.45) is 0 Å². The predicted octanol–water partition coefficient (Wildman–Crippen LogP) is 2.97. The van der Waals surface area contributed by atoms with Gasteiger partial charge in [0.1, 0.15) is 18.1 Å². The van der Waals surface area contributed by atoms with E-state index in [-0.39, 0.29) is 31.5 Å². The van der Waals surface area contributed by atoms with Crippen LogP contribution in [-0.4, -0.2) is 71.7 Å². The number of carbonyl (C=O) groups is 2. The van der Waals surface area contributed by atoms with Crippen LogP contribution in [0.5, 0.6) is 11.5 Å². The third kappa shape index (κ3) is 5.93. The summed E-state index contributed by atoms with van der Waals surface area (Å²) in [6, 6.07) is 11.7. The maximum atomic E-state index is 13.8. The number of methoxy groups -OCH3 is 3. The molecule has 2 amide bonds. The minimum atomic E-state index is -1.00. The Morgan fingerprint density at radius 1 is 1.08 bits per heavy atom. The van der Waals surface area contributed by atoms with Crippen LogP contribution in [0.4, 0.5) is 0 Å². The van der Waals surface area contributed by atoms with Crippen molar-refractivity contribution in [2.45, 2.75) is 45.3 Å². The van der Waals surface area contributed by atoms with Crippen LogP contribution in [0.25, 0.3) is 11.0 Å². The number of hydrogen-bond acceptors (Lipinski definition) is 7. The standard InChI is InChI=1S/C26H35N5O5/c1-7-26(2,3)27-25(33)23(18-11-10-14-21(35-5)24(18)36-6)30(15-16-34-4)22(32)17-31-20-13-9-8-12-19(20)28-29-31/h8-14,23H,7,15-17H2,1-6H3,(H,27,33). The molecular weight excluding hydrogens is 462 g/mol. The van der Waals surface area contributed by atoms with Gasteiger partial charge in [0.2, 0.25) is 11.8 Å². The van der Waals surface area contributed by atoms with E-state index < -0.39 is 11.6 Å². The first-order valence-corrected chi connectivity index (χ1v) is 11.9. The number of rotatable bonds is 12. The van der Waals surface area contributed by atoms with E-state index in [1.165, 1.54) is 23.8 Å². The van der Waals surface area contributed by atoms with E-state index in [0.29, 0.717) is 29.0 Å². The Labute approximate surface area is 211 Å². The normalized spacial score (nSPS) is 12.3. The van der Waals surface area contributed by atoms with Crippen LogP contribution in [0.3, 0.4) is 0 Å². The van der Waals surface area contributed by atoms with Crippen molar-refractivity contribution in [1.82, 2.24) is 25.2 Å². The van der Waals surface area contributed by atoms with Crippen LogP contribution < -0.4 is 14.8 Å². The summed E-state index contributed by atoms with van der Waals surface area (Å²) in [6.45, 7) is 6.17. The first-order chi connectivity index (χ1) is 17.3. The molecule has 36 heavy (non-hydrogen) atoms. The number of benzene rings is 2. The number of para-hydroxylation sites is 2. The third-order valence-corrected chi connectivity index (χ3v) is 6.20.